The van der Waals surface area contributed by atoms with Crippen molar-refractivity contribution in [1.29, 1.82) is 0 Å². The Morgan fingerprint density at radius 3 is 2.83 bits per heavy atom. The second kappa shape index (κ2) is 5.37. The summed E-state index contributed by atoms with van der Waals surface area (Å²) in [6, 6.07) is 5.93. The largest absolute Gasteiger partial charge is 0.312 e. The van der Waals surface area contributed by atoms with Crippen LogP contribution in [0.4, 0.5) is 4.39 Å². The van der Waals surface area contributed by atoms with E-state index in [0.717, 1.165) is 31.5 Å². The van der Waals surface area contributed by atoms with Gasteiger partial charge in [0, 0.05) is 18.1 Å². The molecule has 0 aliphatic carbocycles. The lowest BCUT2D eigenvalue weighted by Crippen LogP contribution is -2.32. The molecule has 2 nitrogen and oxygen atoms in total. The Kier molecular flexibility index (Phi) is 4.03. The molecule has 2 N–H and O–H groups in total. The average molecular weight is 250 g/mol. The highest BCUT2D eigenvalue weighted by molar-refractivity contribution is 5.24. The van der Waals surface area contributed by atoms with Crippen LogP contribution in [0.5, 0.6) is 0 Å². The van der Waals surface area contributed by atoms with E-state index in [1.165, 1.54) is 5.56 Å². The summed E-state index contributed by atoms with van der Waals surface area (Å²) in [4.78, 5) is 0. The molecule has 1 heterocycles. The molecule has 0 spiro atoms. The SMILES string of the molecule is Cc1cc(CCNC2CNC(C)(C)C2)ccc1F. The number of hydrogen-bond donors (Lipinski definition) is 2. The fourth-order valence-electron chi connectivity index (χ4n) is 2.59. The van der Waals surface area contributed by atoms with Gasteiger partial charge >= 0.3 is 0 Å². The third-order valence-electron chi connectivity index (χ3n) is 3.65. The van der Waals surface area contributed by atoms with Gasteiger partial charge in [-0.25, -0.2) is 4.39 Å². The van der Waals surface area contributed by atoms with Gasteiger partial charge in [-0.1, -0.05) is 12.1 Å². The van der Waals surface area contributed by atoms with Crippen LogP contribution < -0.4 is 10.6 Å². The number of hydrogen-bond acceptors (Lipinski definition) is 2. The Bertz CT molecular complexity index is 415. The monoisotopic (exact) mass is 250 g/mol. The molecule has 1 aromatic carbocycles. The number of benzene rings is 1. The molecule has 0 amide bonds. The predicted octanol–water partition coefficient (Wildman–Crippen LogP) is 2.41. The first kappa shape index (κ1) is 13.5. The summed E-state index contributed by atoms with van der Waals surface area (Å²) in [7, 11) is 0. The molecule has 0 radical (unpaired) electrons. The lowest BCUT2D eigenvalue weighted by Gasteiger charge is -2.17. The first-order valence-corrected chi connectivity index (χ1v) is 6.70. The molecule has 2 rings (SSSR count). The third-order valence-corrected chi connectivity index (χ3v) is 3.65. The van der Waals surface area contributed by atoms with Gasteiger partial charge in [-0.3, -0.25) is 0 Å². The number of aryl methyl sites for hydroxylation is 1. The maximum atomic E-state index is 13.1. The Hall–Kier alpha value is -0.930. The molecule has 1 aliphatic heterocycles. The molecule has 1 aliphatic rings. The highest BCUT2D eigenvalue weighted by Gasteiger charge is 2.29. The zero-order valence-corrected chi connectivity index (χ0v) is 11.5. The Labute approximate surface area is 109 Å². The molecule has 1 aromatic rings. The third kappa shape index (κ3) is 3.53. The van der Waals surface area contributed by atoms with Crippen LogP contribution in [-0.2, 0) is 6.42 Å². The number of halogens is 1. The van der Waals surface area contributed by atoms with Crippen LogP contribution in [0.1, 0.15) is 31.4 Å². The fraction of sp³-hybridized carbons (Fsp3) is 0.600. The first-order chi connectivity index (χ1) is 8.46. The summed E-state index contributed by atoms with van der Waals surface area (Å²) in [5, 5.41) is 7.06. The quantitative estimate of drug-likeness (QED) is 0.857. The minimum atomic E-state index is -0.117. The van der Waals surface area contributed by atoms with Crippen LogP contribution in [-0.4, -0.2) is 24.7 Å². The van der Waals surface area contributed by atoms with Gasteiger partial charge in [0.1, 0.15) is 5.82 Å². The molecule has 0 saturated carbocycles. The predicted molar refractivity (Wildman–Crippen MR) is 73.3 cm³/mol. The van der Waals surface area contributed by atoms with E-state index in [1.807, 2.05) is 19.1 Å². The van der Waals surface area contributed by atoms with Crippen LogP contribution in [0.25, 0.3) is 0 Å². The highest BCUT2D eigenvalue weighted by Crippen LogP contribution is 2.17. The maximum Gasteiger partial charge on any atom is 0.126 e. The topological polar surface area (TPSA) is 24.1 Å². The fourth-order valence-corrected chi connectivity index (χ4v) is 2.59. The van der Waals surface area contributed by atoms with Crippen molar-refractivity contribution in [1.82, 2.24) is 10.6 Å². The van der Waals surface area contributed by atoms with Crippen LogP contribution in [0.3, 0.4) is 0 Å². The van der Waals surface area contributed by atoms with E-state index in [2.05, 4.69) is 24.5 Å². The molecule has 0 bridgehead atoms. The highest BCUT2D eigenvalue weighted by atomic mass is 19.1. The maximum absolute atomic E-state index is 13.1. The van der Waals surface area contributed by atoms with Gasteiger partial charge in [0.15, 0.2) is 0 Å². The van der Waals surface area contributed by atoms with Gasteiger partial charge in [0.2, 0.25) is 0 Å². The van der Waals surface area contributed by atoms with Crippen molar-refractivity contribution in [3.63, 3.8) is 0 Å². The summed E-state index contributed by atoms with van der Waals surface area (Å²) in [5.41, 5.74) is 2.19. The normalized spacial score (nSPS) is 22.3. The molecule has 1 atom stereocenters. The van der Waals surface area contributed by atoms with Crippen molar-refractivity contribution < 1.29 is 4.39 Å². The zero-order chi connectivity index (χ0) is 13.2. The molecular weight excluding hydrogens is 227 g/mol. The minimum Gasteiger partial charge on any atom is -0.312 e. The Morgan fingerprint density at radius 2 is 2.22 bits per heavy atom. The zero-order valence-electron chi connectivity index (χ0n) is 11.5. The average Bonchev–Trinajstić information content (AvgIpc) is 2.63. The van der Waals surface area contributed by atoms with Crippen molar-refractivity contribution in [2.75, 3.05) is 13.1 Å². The van der Waals surface area contributed by atoms with Crippen LogP contribution in [0.15, 0.2) is 18.2 Å². The number of nitrogens with one attached hydrogen (secondary N) is 2. The molecule has 18 heavy (non-hydrogen) atoms. The summed E-state index contributed by atoms with van der Waals surface area (Å²) in [5.74, 6) is -0.117. The van der Waals surface area contributed by atoms with E-state index in [4.69, 9.17) is 0 Å². The molecule has 1 unspecified atom stereocenters. The van der Waals surface area contributed by atoms with Crippen molar-refractivity contribution in [3.8, 4) is 0 Å². The van der Waals surface area contributed by atoms with Crippen LogP contribution in [0, 0.1) is 12.7 Å². The molecule has 1 saturated heterocycles. The summed E-state index contributed by atoms with van der Waals surface area (Å²) in [6.45, 7) is 8.27. The van der Waals surface area contributed by atoms with E-state index in [-0.39, 0.29) is 11.4 Å². The van der Waals surface area contributed by atoms with Gasteiger partial charge < -0.3 is 10.6 Å². The lowest BCUT2D eigenvalue weighted by molar-refractivity contribution is 0.443. The smallest absolute Gasteiger partial charge is 0.126 e. The van der Waals surface area contributed by atoms with Crippen molar-refractivity contribution in [3.05, 3.63) is 35.1 Å². The van der Waals surface area contributed by atoms with E-state index in [9.17, 15) is 4.39 Å². The van der Waals surface area contributed by atoms with Gasteiger partial charge in [0.25, 0.3) is 0 Å². The minimum absolute atomic E-state index is 0.117. The van der Waals surface area contributed by atoms with Gasteiger partial charge in [-0.2, -0.15) is 0 Å². The van der Waals surface area contributed by atoms with E-state index < -0.39 is 0 Å². The van der Waals surface area contributed by atoms with E-state index in [0.29, 0.717) is 6.04 Å². The van der Waals surface area contributed by atoms with Crippen LogP contribution >= 0.6 is 0 Å². The Balaban J connectivity index is 1.77. The second-order valence-corrected chi connectivity index (χ2v) is 5.95. The van der Waals surface area contributed by atoms with Crippen molar-refractivity contribution >= 4 is 0 Å². The van der Waals surface area contributed by atoms with Gasteiger partial charge in [0.05, 0.1) is 0 Å². The standard InChI is InChI=1S/C15H23FN2/c1-11-8-12(4-5-14(11)16)6-7-17-13-9-15(2,3)18-10-13/h4-5,8,13,17-18H,6-7,9-10H2,1-3H3. The summed E-state index contributed by atoms with van der Waals surface area (Å²) in [6.07, 6.45) is 2.12. The first-order valence-electron chi connectivity index (χ1n) is 6.70. The van der Waals surface area contributed by atoms with Gasteiger partial charge in [-0.05, 0) is 57.4 Å². The van der Waals surface area contributed by atoms with Crippen molar-refractivity contribution in [2.45, 2.75) is 45.2 Å². The molecule has 3 heteroatoms. The van der Waals surface area contributed by atoms with Crippen molar-refractivity contribution in [2.24, 2.45) is 0 Å². The molecule has 1 fully saturated rings. The van der Waals surface area contributed by atoms with Crippen LogP contribution in [0.2, 0.25) is 0 Å². The second-order valence-electron chi connectivity index (χ2n) is 5.95. The van der Waals surface area contributed by atoms with Gasteiger partial charge in [-0.15, -0.1) is 0 Å². The van der Waals surface area contributed by atoms with E-state index >= 15 is 0 Å². The Morgan fingerprint density at radius 1 is 1.44 bits per heavy atom. The molecular formula is C15H23FN2. The molecule has 100 valence electrons. The lowest BCUT2D eigenvalue weighted by atomic mass is 10.0. The summed E-state index contributed by atoms with van der Waals surface area (Å²) < 4.78 is 13.1. The number of rotatable bonds is 4. The van der Waals surface area contributed by atoms with E-state index in [1.54, 1.807) is 6.07 Å². The summed E-state index contributed by atoms with van der Waals surface area (Å²) >= 11 is 0. The molecule has 0 aromatic heterocycles.